The number of rotatable bonds is 3. The van der Waals surface area contributed by atoms with Crippen LogP contribution in [0.3, 0.4) is 0 Å². The standard InChI is InChI=1S/C10H16NS/c1-11(2,3)9-12-10-7-5-4-6-8-10/h4-8H,9H2,1-3H3/q+1. The van der Waals surface area contributed by atoms with Crippen LogP contribution in [-0.2, 0) is 0 Å². The molecule has 0 saturated carbocycles. The van der Waals surface area contributed by atoms with Crippen molar-refractivity contribution in [1.29, 1.82) is 0 Å². The number of nitrogens with zero attached hydrogens (tertiary/aromatic N) is 1. The van der Waals surface area contributed by atoms with Gasteiger partial charge in [-0.1, -0.05) is 30.0 Å². The highest BCUT2D eigenvalue weighted by atomic mass is 32.2. The van der Waals surface area contributed by atoms with Crippen LogP contribution in [0.1, 0.15) is 0 Å². The molecule has 0 saturated heterocycles. The van der Waals surface area contributed by atoms with Crippen molar-refractivity contribution < 1.29 is 4.48 Å². The number of hydrogen-bond donors (Lipinski definition) is 0. The summed E-state index contributed by atoms with van der Waals surface area (Å²) in [6, 6.07) is 10.5. The summed E-state index contributed by atoms with van der Waals surface area (Å²) in [4.78, 5) is 1.35. The zero-order valence-electron chi connectivity index (χ0n) is 7.95. The maximum Gasteiger partial charge on any atom is 0.129 e. The Morgan fingerprint density at radius 1 is 1.08 bits per heavy atom. The van der Waals surface area contributed by atoms with E-state index in [1.807, 2.05) is 11.8 Å². The molecule has 0 aliphatic rings. The van der Waals surface area contributed by atoms with Gasteiger partial charge >= 0.3 is 0 Å². The summed E-state index contributed by atoms with van der Waals surface area (Å²) in [5.74, 6) is 1.12. The average molecular weight is 182 g/mol. The highest BCUT2D eigenvalue weighted by Gasteiger charge is 2.06. The molecule has 0 fully saturated rings. The van der Waals surface area contributed by atoms with Crippen molar-refractivity contribution >= 4 is 11.8 Å². The molecule has 0 aliphatic carbocycles. The highest BCUT2D eigenvalue weighted by molar-refractivity contribution is 7.99. The van der Waals surface area contributed by atoms with Gasteiger partial charge in [-0.2, -0.15) is 0 Å². The van der Waals surface area contributed by atoms with E-state index in [0.717, 1.165) is 10.4 Å². The van der Waals surface area contributed by atoms with Gasteiger partial charge in [0.15, 0.2) is 0 Å². The zero-order valence-corrected chi connectivity index (χ0v) is 8.77. The third-order valence-electron chi connectivity index (χ3n) is 1.36. The van der Waals surface area contributed by atoms with Crippen molar-refractivity contribution in [2.45, 2.75) is 4.90 Å². The summed E-state index contributed by atoms with van der Waals surface area (Å²) < 4.78 is 1.000. The van der Waals surface area contributed by atoms with Crippen molar-refractivity contribution in [1.82, 2.24) is 0 Å². The molecule has 2 heteroatoms. The SMILES string of the molecule is C[N+](C)(C)CSc1ccccc1. The van der Waals surface area contributed by atoms with Gasteiger partial charge in [0.2, 0.25) is 0 Å². The molecule has 0 radical (unpaired) electrons. The lowest BCUT2D eigenvalue weighted by atomic mass is 10.4. The molecule has 1 aromatic carbocycles. The molecular formula is C10H16NS+. The van der Waals surface area contributed by atoms with Crippen molar-refractivity contribution in [3.63, 3.8) is 0 Å². The number of quaternary nitrogens is 1. The second-order valence-electron chi connectivity index (χ2n) is 3.88. The average Bonchev–Trinajstić information content (AvgIpc) is 2.02. The van der Waals surface area contributed by atoms with E-state index in [4.69, 9.17) is 0 Å². The second-order valence-corrected chi connectivity index (χ2v) is 4.90. The van der Waals surface area contributed by atoms with E-state index >= 15 is 0 Å². The predicted octanol–water partition coefficient (Wildman–Crippen LogP) is 2.44. The Hall–Kier alpha value is -0.470. The number of hydrogen-bond acceptors (Lipinski definition) is 1. The number of benzene rings is 1. The molecule has 1 aromatic rings. The predicted molar refractivity (Wildman–Crippen MR) is 55.2 cm³/mol. The molecular weight excluding hydrogens is 166 g/mol. The summed E-state index contributed by atoms with van der Waals surface area (Å²) in [5, 5.41) is 0. The smallest absolute Gasteiger partial charge is 0.129 e. The van der Waals surface area contributed by atoms with Crippen LogP contribution < -0.4 is 0 Å². The van der Waals surface area contributed by atoms with E-state index in [1.54, 1.807) is 0 Å². The maximum absolute atomic E-state index is 2.20. The first-order valence-electron chi connectivity index (χ1n) is 4.06. The third-order valence-corrected chi connectivity index (χ3v) is 2.87. The molecule has 1 nitrogen and oxygen atoms in total. The molecule has 0 heterocycles. The van der Waals surface area contributed by atoms with Gasteiger partial charge in [-0.25, -0.2) is 0 Å². The van der Waals surface area contributed by atoms with Gasteiger partial charge in [-0.15, -0.1) is 0 Å². The Kier molecular flexibility index (Phi) is 3.18. The van der Waals surface area contributed by atoms with E-state index in [9.17, 15) is 0 Å². The van der Waals surface area contributed by atoms with E-state index in [2.05, 4.69) is 51.5 Å². The van der Waals surface area contributed by atoms with Gasteiger partial charge in [0, 0.05) is 4.90 Å². The molecule has 0 unspecified atom stereocenters. The largest absolute Gasteiger partial charge is 0.322 e. The first-order chi connectivity index (χ1) is 5.58. The molecule has 0 aliphatic heterocycles. The monoisotopic (exact) mass is 182 g/mol. The van der Waals surface area contributed by atoms with Crippen LogP contribution in [0, 0.1) is 0 Å². The maximum atomic E-state index is 2.20. The summed E-state index contributed by atoms with van der Waals surface area (Å²) in [5.41, 5.74) is 0. The van der Waals surface area contributed by atoms with Crippen molar-refractivity contribution in [2.75, 3.05) is 27.0 Å². The minimum atomic E-state index is 1.000. The fourth-order valence-corrected chi connectivity index (χ4v) is 1.67. The van der Waals surface area contributed by atoms with Gasteiger partial charge in [0.05, 0.1) is 21.1 Å². The lowest BCUT2D eigenvalue weighted by molar-refractivity contribution is -0.857. The van der Waals surface area contributed by atoms with Crippen LogP contribution in [0.5, 0.6) is 0 Å². The van der Waals surface area contributed by atoms with Crippen molar-refractivity contribution in [3.8, 4) is 0 Å². The van der Waals surface area contributed by atoms with Crippen molar-refractivity contribution in [2.24, 2.45) is 0 Å². The summed E-state index contributed by atoms with van der Waals surface area (Å²) in [7, 11) is 6.61. The third kappa shape index (κ3) is 3.79. The molecule has 66 valence electrons. The Balaban J connectivity index is 2.44. The first-order valence-corrected chi connectivity index (χ1v) is 5.05. The van der Waals surface area contributed by atoms with Crippen LogP contribution >= 0.6 is 11.8 Å². The van der Waals surface area contributed by atoms with Crippen LogP contribution in [0.2, 0.25) is 0 Å². The summed E-state index contributed by atoms with van der Waals surface area (Å²) in [6.45, 7) is 0. The van der Waals surface area contributed by atoms with E-state index in [-0.39, 0.29) is 0 Å². The lowest BCUT2D eigenvalue weighted by Gasteiger charge is -2.22. The van der Waals surface area contributed by atoms with Crippen LogP contribution in [0.25, 0.3) is 0 Å². The molecule has 0 atom stereocenters. The van der Waals surface area contributed by atoms with Gasteiger partial charge in [0.25, 0.3) is 0 Å². The van der Waals surface area contributed by atoms with Crippen LogP contribution in [0.15, 0.2) is 35.2 Å². The van der Waals surface area contributed by atoms with Gasteiger partial charge < -0.3 is 4.48 Å². The molecule has 0 bridgehead atoms. The van der Waals surface area contributed by atoms with Crippen molar-refractivity contribution in [3.05, 3.63) is 30.3 Å². The second kappa shape index (κ2) is 3.97. The summed E-state index contributed by atoms with van der Waals surface area (Å²) >= 11 is 1.90. The van der Waals surface area contributed by atoms with Gasteiger partial charge in [-0.3, -0.25) is 0 Å². The fourth-order valence-electron chi connectivity index (χ4n) is 0.785. The Bertz CT molecular complexity index is 225. The highest BCUT2D eigenvalue weighted by Crippen LogP contribution is 2.18. The normalized spacial score (nSPS) is 11.6. The minimum Gasteiger partial charge on any atom is -0.322 e. The quantitative estimate of drug-likeness (QED) is 0.393. The zero-order chi connectivity index (χ0) is 9.03. The molecule has 0 amide bonds. The van der Waals surface area contributed by atoms with Crippen LogP contribution in [-0.4, -0.2) is 31.5 Å². The molecule has 1 rings (SSSR count). The molecule has 0 aromatic heterocycles. The molecule has 12 heavy (non-hydrogen) atoms. The Morgan fingerprint density at radius 3 is 2.17 bits per heavy atom. The van der Waals surface area contributed by atoms with Crippen LogP contribution in [0.4, 0.5) is 0 Å². The summed E-state index contributed by atoms with van der Waals surface area (Å²) in [6.07, 6.45) is 0. The van der Waals surface area contributed by atoms with E-state index < -0.39 is 0 Å². The van der Waals surface area contributed by atoms with E-state index in [1.165, 1.54) is 4.90 Å². The topological polar surface area (TPSA) is 0 Å². The Labute approximate surface area is 79.0 Å². The Morgan fingerprint density at radius 2 is 1.67 bits per heavy atom. The minimum absolute atomic E-state index is 1.000. The molecule has 0 N–H and O–H groups in total. The van der Waals surface area contributed by atoms with Gasteiger partial charge in [0.1, 0.15) is 5.88 Å². The first kappa shape index (κ1) is 9.62. The lowest BCUT2D eigenvalue weighted by Crippen LogP contribution is -2.33. The van der Waals surface area contributed by atoms with Gasteiger partial charge in [-0.05, 0) is 12.1 Å². The number of thioether (sulfide) groups is 1. The van der Waals surface area contributed by atoms with E-state index in [0.29, 0.717) is 0 Å². The fraction of sp³-hybridized carbons (Fsp3) is 0.400. The molecule has 0 spiro atoms.